The van der Waals surface area contributed by atoms with E-state index in [1.54, 1.807) is 0 Å². The highest BCUT2D eigenvalue weighted by molar-refractivity contribution is 14.1. The van der Waals surface area contributed by atoms with Gasteiger partial charge in [0.25, 0.3) is 5.69 Å². The zero-order valence-electron chi connectivity index (χ0n) is 17.3. The van der Waals surface area contributed by atoms with Crippen molar-refractivity contribution in [2.45, 2.75) is 33.1 Å². The second-order valence-electron chi connectivity index (χ2n) is 8.50. The predicted molar refractivity (Wildman–Crippen MR) is 125 cm³/mol. The van der Waals surface area contributed by atoms with Crippen LogP contribution in [-0.4, -0.2) is 24.9 Å². The van der Waals surface area contributed by atoms with Crippen molar-refractivity contribution in [1.29, 1.82) is 0 Å². The van der Waals surface area contributed by atoms with Gasteiger partial charge in [-0.3, -0.25) is 14.9 Å². The fraction of sp³-hybridized carbons (Fsp3) is 0.409. The Kier molecular flexibility index (Phi) is 6.75. The summed E-state index contributed by atoms with van der Waals surface area (Å²) in [6.07, 6.45) is 1.85. The summed E-state index contributed by atoms with van der Waals surface area (Å²) in [6.45, 7) is 3.91. The first-order chi connectivity index (χ1) is 14.5. The normalized spacial score (nSPS) is 23.7. The number of carbonyl (C=O) groups excluding carboxylic acids is 1. The van der Waals surface area contributed by atoms with Crippen molar-refractivity contribution in [3.63, 3.8) is 0 Å². The van der Waals surface area contributed by atoms with E-state index in [0.717, 1.165) is 6.42 Å². The minimum atomic E-state index is -3.99. The predicted octanol–water partition coefficient (Wildman–Crippen LogP) is 4.99. The molecule has 2 fully saturated rings. The van der Waals surface area contributed by atoms with Crippen LogP contribution in [-0.2, 0) is 14.9 Å². The minimum Gasteiger partial charge on any atom is -0.382 e. The van der Waals surface area contributed by atoms with E-state index in [1.807, 2.05) is 32.0 Å². The molecule has 9 heteroatoms. The van der Waals surface area contributed by atoms with Crippen molar-refractivity contribution in [3.05, 3.63) is 68.3 Å². The molecule has 0 heterocycles. The van der Waals surface area contributed by atoms with E-state index in [-0.39, 0.29) is 34.3 Å². The van der Waals surface area contributed by atoms with Crippen LogP contribution in [0.25, 0.3) is 0 Å². The number of hydrogen-bond donors (Lipinski definition) is 0. The van der Waals surface area contributed by atoms with Crippen LogP contribution in [0.3, 0.4) is 0 Å². The van der Waals surface area contributed by atoms with Crippen molar-refractivity contribution in [2.75, 3.05) is 5.75 Å². The van der Waals surface area contributed by atoms with Crippen molar-refractivity contribution < 1.29 is 22.3 Å². The quantitative estimate of drug-likeness (QED) is 0.222. The lowest BCUT2D eigenvalue weighted by molar-refractivity contribution is -0.384. The lowest BCUT2D eigenvalue weighted by atomic mass is 9.70. The summed E-state index contributed by atoms with van der Waals surface area (Å²) < 4.78 is 31.3. The Morgan fingerprint density at radius 3 is 2.16 bits per heavy atom. The Bertz CT molecular complexity index is 1070. The lowest BCUT2D eigenvalue weighted by Crippen LogP contribution is -2.43. The van der Waals surface area contributed by atoms with Crippen molar-refractivity contribution in [1.82, 2.24) is 0 Å². The molecule has 0 radical (unpaired) electrons. The maximum absolute atomic E-state index is 12.5. The molecule has 2 aliphatic carbocycles. The van der Waals surface area contributed by atoms with Crippen molar-refractivity contribution in [2.24, 2.45) is 16.7 Å². The van der Waals surface area contributed by atoms with Crippen LogP contribution in [0.15, 0.2) is 54.6 Å². The minimum absolute atomic E-state index is 0.000348. The monoisotopic (exact) mass is 557 g/mol. The molecule has 0 N–H and O–H groups in total. The van der Waals surface area contributed by atoms with Gasteiger partial charge in [-0.15, -0.1) is 0 Å². The molecule has 31 heavy (non-hydrogen) atoms. The van der Waals surface area contributed by atoms with Gasteiger partial charge in [-0.05, 0) is 71.0 Å². The molecule has 0 aromatic heterocycles. The topological polar surface area (TPSA) is 104 Å². The average Bonchev–Trinajstić information content (AvgIpc) is 3.03. The molecule has 2 saturated carbocycles. The van der Waals surface area contributed by atoms with Gasteiger partial charge in [0, 0.05) is 22.1 Å². The standard InChI is InChI=1S/C16H19NO6S.C6H5I/c1-15(2)11-7-8-16(15,14(18)9-11)10-24(21,22)23-13-5-3-12(4-6-13)17(19)20;7-6-4-2-1-3-5-6/h3-6,11H,7-10H2,1-2H3;1-5H. The number of hydrogen-bond acceptors (Lipinski definition) is 6. The van der Waals surface area contributed by atoms with Crippen LogP contribution in [0.2, 0.25) is 0 Å². The molecule has 166 valence electrons. The number of nitro groups is 1. The number of ketones is 1. The third kappa shape index (κ3) is 4.92. The van der Waals surface area contributed by atoms with Gasteiger partial charge in [-0.2, -0.15) is 8.42 Å². The van der Waals surface area contributed by atoms with Crippen LogP contribution in [0.5, 0.6) is 5.75 Å². The highest BCUT2D eigenvalue weighted by atomic mass is 127. The summed E-state index contributed by atoms with van der Waals surface area (Å²) in [5, 5.41) is 10.6. The van der Waals surface area contributed by atoms with Crippen molar-refractivity contribution >= 4 is 44.2 Å². The highest BCUT2D eigenvalue weighted by Crippen LogP contribution is 2.64. The third-order valence-electron chi connectivity index (χ3n) is 6.57. The average molecular weight is 557 g/mol. The van der Waals surface area contributed by atoms with Gasteiger partial charge in [0.15, 0.2) is 0 Å². The Morgan fingerprint density at radius 2 is 1.74 bits per heavy atom. The molecule has 2 unspecified atom stereocenters. The van der Waals surface area contributed by atoms with E-state index in [2.05, 4.69) is 34.7 Å². The van der Waals surface area contributed by atoms with Gasteiger partial charge < -0.3 is 4.18 Å². The first-order valence-electron chi connectivity index (χ1n) is 9.87. The Labute approximate surface area is 195 Å². The molecule has 2 bridgehead atoms. The summed E-state index contributed by atoms with van der Waals surface area (Å²) in [4.78, 5) is 22.5. The third-order valence-corrected chi connectivity index (χ3v) is 8.58. The van der Waals surface area contributed by atoms with Gasteiger partial charge in [-0.25, -0.2) is 0 Å². The molecular weight excluding hydrogens is 533 g/mol. The first-order valence-corrected chi connectivity index (χ1v) is 12.5. The molecular formula is C22H24INO6S. The van der Waals surface area contributed by atoms with Crippen LogP contribution < -0.4 is 4.18 Å². The van der Waals surface area contributed by atoms with Crippen LogP contribution in [0.1, 0.15) is 33.1 Å². The zero-order valence-corrected chi connectivity index (χ0v) is 20.3. The summed E-state index contributed by atoms with van der Waals surface area (Å²) >= 11 is 2.28. The number of carbonyl (C=O) groups is 1. The van der Waals surface area contributed by atoms with Crippen LogP contribution in [0, 0.1) is 30.4 Å². The largest absolute Gasteiger partial charge is 0.382 e. The molecule has 0 amide bonds. The van der Waals surface area contributed by atoms with Gasteiger partial charge in [-0.1, -0.05) is 32.0 Å². The van der Waals surface area contributed by atoms with Gasteiger partial charge in [0.1, 0.15) is 11.5 Å². The number of Topliss-reactive ketones (excluding diaryl/α,β-unsaturated/α-hetero) is 1. The number of nitrogens with zero attached hydrogens (tertiary/aromatic N) is 1. The smallest absolute Gasteiger partial charge is 0.310 e. The van der Waals surface area contributed by atoms with Crippen molar-refractivity contribution in [3.8, 4) is 5.75 Å². The number of non-ortho nitro benzene ring substituents is 1. The molecule has 2 aromatic rings. The molecule has 2 aromatic carbocycles. The highest BCUT2D eigenvalue weighted by Gasteiger charge is 2.65. The van der Waals surface area contributed by atoms with Crippen LogP contribution >= 0.6 is 22.6 Å². The Morgan fingerprint density at radius 1 is 1.13 bits per heavy atom. The molecule has 0 aliphatic heterocycles. The number of nitro benzene ring substituents is 1. The fourth-order valence-electron chi connectivity index (χ4n) is 4.62. The second-order valence-corrected chi connectivity index (χ2v) is 11.3. The van der Waals surface area contributed by atoms with E-state index in [0.29, 0.717) is 12.8 Å². The maximum atomic E-state index is 12.5. The van der Waals surface area contributed by atoms with E-state index < -0.39 is 20.5 Å². The zero-order chi connectivity index (χ0) is 22.9. The second kappa shape index (κ2) is 8.85. The molecule has 7 nitrogen and oxygen atoms in total. The number of benzene rings is 2. The molecule has 4 rings (SSSR count). The summed E-state index contributed by atoms with van der Waals surface area (Å²) in [7, 11) is -3.99. The number of fused-ring (bicyclic) bond motifs is 2. The SMILES string of the molecule is CC1(C)C2CCC1(CS(=O)(=O)Oc1ccc([N+](=O)[O-])cc1)C(=O)C2.Ic1ccccc1. The molecule has 0 saturated heterocycles. The van der Waals surface area contributed by atoms with E-state index in [9.17, 15) is 23.3 Å². The number of rotatable bonds is 5. The summed E-state index contributed by atoms with van der Waals surface area (Å²) in [6, 6.07) is 15.1. The van der Waals surface area contributed by atoms with Gasteiger partial charge in [0.2, 0.25) is 0 Å². The lowest BCUT2D eigenvalue weighted by Gasteiger charge is -2.35. The van der Waals surface area contributed by atoms with Crippen LogP contribution in [0.4, 0.5) is 5.69 Å². The maximum Gasteiger partial charge on any atom is 0.310 e. The van der Waals surface area contributed by atoms with Gasteiger partial charge in [0.05, 0.1) is 16.1 Å². The summed E-state index contributed by atoms with van der Waals surface area (Å²) in [5.41, 5.74) is -1.41. The number of halogens is 1. The fourth-order valence-corrected chi connectivity index (χ4v) is 6.78. The molecule has 0 spiro atoms. The first kappa shape index (κ1) is 23.6. The molecule has 2 aliphatic rings. The molecule has 2 atom stereocenters. The summed E-state index contributed by atoms with van der Waals surface area (Å²) in [5.74, 6) is -0.117. The van der Waals surface area contributed by atoms with E-state index in [1.165, 1.54) is 27.8 Å². The van der Waals surface area contributed by atoms with Gasteiger partial charge >= 0.3 is 10.1 Å². The Balaban J connectivity index is 0.000000330. The van der Waals surface area contributed by atoms with E-state index in [4.69, 9.17) is 4.18 Å². The van der Waals surface area contributed by atoms with E-state index >= 15 is 0 Å². The Hall–Kier alpha value is -2.01.